The number of hydrogen-bond acceptors (Lipinski definition) is 5. The van der Waals surface area contributed by atoms with E-state index < -0.39 is 18.5 Å². The molecule has 3 N–H and O–H groups in total. The predicted octanol–water partition coefficient (Wildman–Crippen LogP) is 1.99. The monoisotopic (exact) mass is 308 g/mol. The van der Waals surface area contributed by atoms with Crippen LogP contribution in [-0.2, 0) is 16.1 Å². The number of hydrogen-bond donors (Lipinski definition) is 2. The molecule has 2 rings (SSSR count). The zero-order chi connectivity index (χ0) is 15.2. The predicted molar refractivity (Wildman–Crippen MR) is 76.7 cm³/mol. The van der Waals surface area contributed by atoms with E-state index in [9.17, 15) is 9.59 Å². The van der Waals surface area contributed by atoms with Crippen molar-refractivity contribution in [2.45, 2.75) is 6.54 Å². The number of halogens is 1. The molecule has 0 saturated heterocycles. The Kier molecular flexibility index (Phi) is 4.84. The van der Waals surface area contributed by atoms with Gasteiger partial charge in [0.2, 0.25) is 0 Å². The number of benzene rings is 1. The molecule has 0 radical (unpaired) electrons. The number of nitrogens with one attached hydrogen (secondary N) is 1. The molecule has 7 heteroatoms. The van der Waals surface area contributed by atoms with Crippen molar-refractivity contribution < 1.29 is 18.7 Å². The van der Waals surface area contributed by atoms with Crippen molar-refractivity contribution in [3.05, 3.63) is 52.9 Å². The standard InChI is InChI=1S/C14H13ClN2O4/c15-9-3-4-11(12(16)6-9)14(19)21-8-13(18)17-7-10-2-1-5-20-10/h1-6H,7-8,16H2,(H,17,18). The van der Waals surface area contributed by atoms with Crippen molar-refractivity contribution >= 4 is 29.2 Å². The van der Waals surface area contributed by atoms with E-state index in [0.717, 1.165) is 0 Å². The fraction of sp³-hybridized carbons (Fsp3) is 0.143. The average molecular weight is 309 g/mol. The van der Waals surface area contributed by atoms with Crippen LogP contribution in [0.4, 0.5) is 5.69 Å². The van der Waals surface area contributed by atoms with Gasteiger partial charge >= 0.3 is 5.97 Å². The van der Waals surface area contributed by atoms with Crippen molar-refractivity contribution in [2.75, 3.05) is 12.3 Å². The summed E-state index contributed by atoms with van der Waals surface area (Å²) in [4.78, 5) is 23.3. The van der Waals surface area contributed by atoms with Gasteiger partial charge in [-0.15, -0.1) is 0 Å². The molecule has 0 aliphatic carbocycles. The highest BCUT2D eigenvalue weighted by Crippen LogP contribution is 2.18. The summed E-state index contributed by atoms with van der Waals surface area (Å²) in [6.45, 7) is -0.173. The second-order valence-electron chi connectivity index (χ2n) is 4.16. The molecule has 1 heterocycles. The molecule has 0 fully saturated rings. The minimum Gasteiger partial charge on any atom is -0.467 e. The Morgan fingerprint density at radius 3 is 2.81 bits per heavy atom. The molecule has 6 nitrogen and oxygen atoms in total. The number of nitrogens with two attached hydrogens (primary N) is 1. The van der Waals surface area contributed by atoms with E-state index in [1.165, 1.54) is 24.5 Å². The lowest BCUT2D eigenvalue weighted by atomic mass is 10.2. The molecule has 110 valence electrons. The maximum absolute atomic E-state index is 11.8. The third-order valence-corrected chi connectivity index (χ3v) is 2.84. The largest absolute Gasteiger partial charge is 0.467 e. The van der Waals surface area contributed by atoms with Crippen LogP contribution in [-0.4, -0.2) is 18.5 Å². The van der Waals surface area contributed by atoms with Crippen LogP contribution in [0, 0.1) is 0 Å². The molecule has 1 amide bonds. The minimum absolute atomic E-state index is 0.165. The Morgan fingerprint density at radius 1 is 1.33 bits per heavy atom. The van der Waals surface area contributed by atoms with Gasteiger partial charge in [-0.25, -0.2) is 4.79 Å². The lowest BCUT2D eigenvalue weighted by Gasteiger charge is -2.07. The topological polar surface area (TPSA) is 94.6 Å². The third-order valence-electron chi connectivity index (χ3n) is 2.61. The number of carbonyl (C=O) groups is 2. The highest BCUT2D eigenvalue weighted by molar-refractivity contribution is 6.31. The normalized spacial score (nSPS) is 10.1. The quantitative estimate of drug-likeness (QED) is 0.650. The first-order valence-electron chi connectivity index (χ1n) is 6.07. The molecule has 2 aromatic rings. The Morgan fingerprint density at radius 2 is 2.14 bits per heavy atom. The summed E-state index contributed by atoms with van der Waals surface area (Å²) in [6.07, 6.45) is 1.50. The van der Waals surface area contributed by atoms with Gasteiger partial charge in [-0.1, -0.05) is 11.6 Å². The highest BCUT2D eigenvalue weighted by atomic mass is 35.5. The summed E-state index contributed by atoms with van der Waals surface area (Å²) in [5.74, 6) is -0.513. The molecule has 0 spiro atoms. The second-order valence-corrected chi connectivity index (χ2v) is 4.60. The molecule has 0 atom stereocenters. The SMILES string of the molecule is Nc1cc(Cl)ccc1C(=O)OCC(=O)NCc1ccco1. The van der Waals surface area contributed by atoms with Crippen LogP contribution in [0.25, 0.3) is 0 Å². The summed E-state index contributed by atoms with van der Waals surface area (Å²) >= 11 is 5.73. The van der Waals surface area contributed by atoms with Crippen LogP contribution in [0.1, 0.15) is 16.1 Å². The summed E-state index contributed by atoms with van der Waals surface area (Å²) < 4.78 is 9.93. The number of rotatable bonds is 5. The van der Waals surface area contributed by atoms with Gasteiger partial charge < -0.3 is 20.2 Å². The van der Waals surface area contributed by atoms with Crippen LogP contribution < -0.4 is 11.1 Å². The lowest BCUT2D eigenvalue weighted by Crippen LogP contribution is -2.28. The van der Waals surface area contributed by atoms with E-state index in [-0.39, 0.29) is 17.8 Å². The van der Waals surface area contributed by atoms with Crippen molar-refractivity contribution in [3.63, 3.8) is 0 Å². The van der Waals surface area contributed by atoms with Gasteiger partial charge in [0.1, 0.15) is 5.76 Å². The summed E-state index contributed by atoms with van der Waals surface area (Å²) in [5, 5.41) is 2.97. The number of nitrogen functional groups attached to an aromatic ring is 1. The fourth-order valence-electron chi connectivity index (χ4n) is 1.58. The minimum atomic E-state index is -0.683. The van der Waals surface area contributed by atoms with E-state index in [0.29, 0.717) is 10.8 Å². The van der Waals surface area contributed by atoms with Gasteiger partial charge in [0, 0.05) is 10.7 Å². The van der Waals surface area contributed by atoms with Crippen LogP contribution in [0.2, 0.25) is 5.02 Å². The van der Waals surface area contributed by atoms with E-state index >= 15 is 0 Å². The Hall–Kier alpha value is -2.47. The van der Waals surface area contributed by atoms with Gasteiger partial charge in [-0.05, 0) is 30.3 Å². The lowest BCUT2D eigenvalue weighted by molar-refractivity contribution is -0.124. The van der Waals surface area contributed by atoms with Gasteiger partial charge in [0.25, 0.3) is 5.91 Å². The van der Waals surface area contributed by atoms with Crippen molar-refractivity contribution in [1.82, 2.24) is 5.32 Å². The second kappa shape index (κ2) is 6.81. The number of amides is 1. The van der Waals surface area contributed by atoms with Gasteiger partial charge in [-0.2, -0.15) is 0 Å². The van der Waals surface area contributed by atoms with Gasteiger partial charge in [-0.3, -0.25) is 4.79 Å². The van der Waals surface area contributed by atoms with Crippen LogP contribution in [0.5, 0.6) is 0 Å². The first-order valence-corrected chi connectivity index (χ1v) is 6.45. The average Bonchev–Trinajstić information content (AvgIpc) is 2.95. The molecular weight excluding hydrogens is 296 g/mol. The van der Waals surface area contributed by atoms with Gasteiger partial charge in [0.05, 0.1) is 18.4 Å². The Labute approximate surface area is 125 Å². The number of ether oxygens (including phenoxy) is 1. The van der Waals surface area contributed by atoms with E-state index in [1.54, 1.807) is 12.1 Å². The van der Waals surface area contributed by atoms with E-state index in [4.69, 9.17) is 26.5 Å². The molecule has 21 heavy (non-hydrogen) atoms. The molecule has 0 saturated carbocycles. The van der Waals surface area contributed by atoms with Crippen molar-refractivity contribution in [3.8, 4) is 0 Å². The van der Waals surface area contributed by atoms with Crippen LogP contribution in [0.3, 0.4) is 0 Å². The summed E-state index contributed by atoms with van der Waals surface area (Å²) in [6, 6.07) is 7.84. The molecule has 1 aromatic heterocycles. The fourth-order valence-corrected chi connectivity index (χ4v) is 1.76. The summed E-state index contributed by atoms with van der Waals surface area (Å²) in [5.41, 5.74) is 6.02. The molecule has 0 aliphatic heterocycles. The van der Waals surface area contributed by atoms with Crippen LogP contribution >= 0.6 is 11.6 Å². The van der Waals surface area contributed by atoms with Gasteiger partial charge in [0.15, 0.2) is 6.61 Å². The van der Waals surface area contributed by atoms with Crippen molar-refractivity contribution in [1.29, 1.82) is 0 Å². The Balaban J connectivity index is 1.81. The highest BCUT2D eigenvalue weighted by Gasteiger charge is 2.13. The smallest absolute Gasteiger partial charge is 0.340 e. The number of carbonyl (C=O) groups excluding carboxylic acids is 2. The zero-order valence-corrected chi connectivity index (χ0v) is 11.7. The number of furan rings is 1. The molecular formula is C14H13ClN2O4. The zero-order valence-electron chi connectivity index (χ0n) is 11.0. The molecule has 0 bridgehead atoms. The van der Waals surface area contributed by atoms with Crippen LogP contribution in [0.15, 0.2) is 41.0 Å². The van der Waals surface area contributed by atoms with Crippen molar-refractivity contribution in [2.24, 2.45) is 0 Å². The Bertz CT molecular complexity index is 640. The number of anilines is 1. The molecule has 0 unspecified atom stereocenters. The maximum Gasteiger partial charge on any atom is 0.340 e. The molecule has 0 aliphatic rings. The first-order chi connectivity index (χ1) is 10.1. The first kappa shape index (κ1) is 14.9. The van der Waals surface area contributed by atoms with E-state index in [1.807, 2.05) is 0 Å². The maximum atomic E-state index is 11.8. The third kappa shape index (κ3) is 4.25. The molecule has 1 aromatic carbocycles. The number of esters is 1. The summed E-state index contributed by atoms with van der Waals surface area (Å²) in [7, 11) is 0. The van der Waals surface area contributed by atoms with E-state index in [2.05, 4.69) is 5.32 Å².